The molecule has 0 saturated heterocycles. The van der Waals surface area contributed by atoms with Crippen LogP contribution in [-0.4, -0.2) is 23.4 Å². The fourth-order valence-corrected chi connectivity index (χ4v) is 1.97. The van der Waals surface area contributed by atoms with E-state index < -0.39 is 0 Å². The van der Waals surface area contributed by atoms with E-state index in [-0.39, 0.29) is 5.69 Å². The minimum absolute atomic E-state index is 0.000441. The Hall–Kier alpha value is -2.17. The number of nitrogens with zero attached hydrogens (tertiary/aromatic N) is 2. The van der Waals surface area contributed by atoms with E-state index in [1.807, 2.05) is 18.2 Å². The predicted molar refractivity (Wildman–Crippen MR) is 72.9 cm³/mol. The van der Waals surface area contributed by atoms with Gasteiger partial charge in [0.25, 0.3) is 0 Å². The second kappa shape index (κ2) is 5.65. The van der Waals surface area contributed by atoms with Gasteiger partial charge in [0.2, 0.25) is 0 Å². The lowest BCUT2D eigenvalue weighted by Gasteiger charge is -2.09. The number of rotatable bonds is 5. The second-order valence-electron chi connectivity index (χ2n) is 4.32. The number of imidazole rings is 1. The maximum absolute atomic E-state index is 11.7. The maximum Gasteiger partial charge on any atom is 0.327 e. The van der Waals surface area contributed by atoms with E-state index in [9.17, 15) is 4.79 Å². The fraction of sp³-hybridized carbons (Fsp3) is 0.357. The molecular weight excluding hydrogens is 244 g/mol. The Kier molecular flexibility index (Phi) is 3.94. The topological polar surface area (TPSA) is 45.4 Å². The Morgan fingerprint density at radius 3 is 2.42 bits per heavy atom. The van der Waals surface area contributed by atoms with Gasteiger partial charge >= 0.3 is 5.69 Å². The minimum Gasteiger partial charge on any atom is -0.493 e. The molecule has 2 aromatic rings. The Morgan fingerprint density at radius 2 is 1.84 bits per heavy atom. The van der Waals surface area contributed by atoms with Crippen molar-refractivity contribution in [1.29, 1.82) is 0 Å². The van der Waals surface area contributed by atoms with Gasteiger partial charge in [-0.2, -0.15) is 0 Å². The van der Waals surface area contributed by atoms with E-state index in [1.165, 1.54) is 0 Å². The van der Waals surface area contributed by atoms with Crippen LogP contribution in [0.1, 0.15) is 5.56 Å². The van der Waals surface area contributed by atoms with Crippen molar-refractivity contribution in [1.82, 2.24) is 9.13 Å². The molecule has 0 bridgehead atoms. The summed E-state index contributed by atoms with van der Waals surface area (Å²) in [7, 11) is 4.97. The molecule has 0 aliphatic rings. The molecule has 2 rings (SSSR count). The van der Waals surface area contributed by atoms with Gasteiger partial charge in [0, 0.05) is 26.0 Å². The quantitative estimate of drug-likeness (QED) is 0.819. The summed E-state index contributed by atoms with van der Waals surface area (Å²) in [6, 6.07) is 5.80. The molecule has 1 aromatic carbocycles. The highest BCUT2D eigenvalue weighted by Crippen LogP contribution is 2.27. The number of methoxy groups -OCH3 is 2. The fourth-order valence-electron chi connectivity index (χ4n) is 1.97. The number of hydrogen-bond acceptors (Lipinski definition) is 3. The van der Waals surface area contributed by atoms with Crippen LogP contribution in [0.3, 0.4) is 0 Å². The summed E-state index contributed by atoms with van der Waals surface area (Å²) < 4.78 is 13.7. The van der Waals surface area contributed by atoms with Crippen molar-refractivity contribution < 1.29 is 9.47 Å². The van der Waals surface area contributed by atoms with Crippen LogP contribution in [0.25, 0.3) is 0 Å². The van der Waals surface area contributed by atoms with Crippen LogP contribution in [0.4, 0.5) is 0 Å². The van der Waals surface area contributed by atoms with Gasteiger partial charge in [-0.25, -0.2) is 4.79 Å². The van der Waals surface area contributed by atoms with Crippen molar-refractivity contribution in [3.63, 3.8) is 0 Å². The number of hydrogen-bond donors (Lipinski definition) is 0. The zero-order valence-electron chi connectivity index (χ0n) is 11.4. The molecule has 0 spiro atoms. The monoisotopic (exact) mass is 262 g/mol. The van der Waals surface area contributed by atoms with Crippen LogP contribution in [0.15, 0.2) is 35.4 Å². The van der Waals surface area contributed by atoms with E-state index in [0.29, 0.717) is 18.0 Å². The lowest BCUT2D eigenvalue weighted by atomic mass is 10.1. The van der Waals surface area contributed by atoms with E-state index in [2.05, 4.69) is 0 Å². The number of ether oxygens (including phenoxy) is 2. The van der Waals surface area contributed by atoms with Crippen LogP contribution in [0.5, 0.6) is 11.5 Å². The zero-order chi connectivity index (χ0) is 13.8. The molecule has 0 N–H and O–H groups in total. The van der Waals surface area contributed by atoms with Crippen molar-refractivity contribution >= 4 is 0 Å². The van der Waals surface area contributed by atoms with Gasteiger partial charge < -0.3 is 14.0 Å². The molecule has 19 heavy (non-hydrogen) atoms. The molecule has 1 aromatic heterocycles. The third-order valence-corrected chi connectivity index (χ3v) is 3.11. The van der Waals surface area contributed by atoms with E-state index in [0.717, 1.165) is 12.0 Å². The maximum atomic E-state index is 11.7. The minimum atomic E-state index is 0.000441. The predicted octanol–water partition coefficient (Wildman–Crippen LogP) is 1.45. The van der Waals surface area contributed by atoms with E-state index >= 15 is 0 Å². The summed E-state index contributed by atoms with van der Waals surface area (Å²) in [6.45, 7) is 0.648. The first-order valence-electron chi connectivity index (χ1n) is 6.08. The number of aromatic nitrogens is 2. The van der Waals surface area contributed by atoms with Crippen molar-refractivity contribution in [2.75, 3.05) is 14.2 Å². The summed E-state index contributed by atoms with van der Waals surface area (Å²) in [6.07, 6.45) is 4.32. The van der Waals surface area contributed by atoms with Crippen LogP contribution in [-0.2, 0) is 20.0 Å². The van der Waals surface area contributed by atoms with Crippen LogP contribution < -0.4 is 15.2 Å². The highest BCUT2D eigenvalue weighted by atomic mass is 16.5. The molecule has 0 atom stereocenters. The molecule has 0 aliphatic carbocycles. The molecule has 5 nitrogen and oxygen atoms in total. The van der Waals surface area contributed by atoms with Crippen molar-refractivity contribution in [2.45, 2.75) is 13.0 Å². The summed E-state index contributed by atoms with van der Waals surface area (Å²) in [4.78, 5) is 11.7. The highest BCUT2D eigenvalue weighted by molar-refractivity contribution is 5.42. The Balaban J connectivity index is 2.12. The summed E-state index contributed by atoms with van der Waals surface area (Å²) >= 11 is 0. The second-order valence-corrected chi connectivity index (χ2v) is 4.32. The van der Waals surface area contributed by atoms with Gasteiger partial charge in [-0.3, -0.25) is 4.57 Å². The first kappa shape index (κ1) is 13.3. The lowest BCUT2D eigenvalue weighted by Crippen LogP contribution is -2.22. The van der Waals surface area contributed by atoms with E-state index in [1.54, 1.807) is 42.8 Å². The van der Waals surface area contributed by atoms with Crippen molar-refractivity contribution in [3.8, 4) is 11.5 Å². The largest absolute Gasteiger partial charge is 0.493 e. The lowest BCUT2D eigenvalue weighted by molar-refractivity contribution is 0.354. The van der Waals surface area contributed by atoms with Gasteiger partial charge in [0.1, 0.15) is 0 Å². The van der Waals surface area contributed by atoms with Gasteiger partial charge in [-0.15, -0.1) is 0 Å². The van der Waals surface area contributed by atoms with Crippen LogP contribution in [0, 0.1) is 0 Å². The average molecular weight is 262 g/mol. The first-order valence-corrected chi connectivity index (χ1v) is 6.08. The molecule has 102 valence electrons. The third-order valence-electron chi connectivity index (χ3n) is 3.11. The molecule has 0 unspecified atom stereocenters. The van der Waals surface area contributed by atoms with Crippen molar-refractivity contribution in [2.24, 2.45) is 7.05 Å². The summed E-state index contributed by atoms with van der Waals surface area (Å²) in [5.41, 5.74) is 1.11. The van der Waals surface area contributed by atoms with Crippen LogP contribution >= 0.6 is 0 Å². The molecule has 0 saturated carbocycles. The molecular formula is C14H18N2O3. The van der Waals surface area contributed by atoms with Gasteiger partial charge in [0.15, 0.2) is 11.5 Å². The Morgan fingerprint density at radius 1 is 1.11 bits per heavy atom. The molecule has 1 heterocycles. The summed E-state index contributed by atoms with van der Waals surface area (Å²) in [5.74, 6) is 1.42. The first-order chi connectivity index (χ1) is 9.15. The number of aryl methyl sites for hydroxylation is 3. The number of benzene rings is 1. The Labute approximate surface area is 112 Å². The van der Waals surface area contributed by atoms with Gasteiger partial charge in [-0.1, -0.05) is 6.07 Å². The standard InChI is InChI=1S/C14H18N2O3/c1-15-8-9-16(14(15)17)7-6-11-4-5-12(18-2)13(10-11)19-3/h4-5,8-10H,6-7H2,1-3H3. The smallest absolute Gasteiger partial charge is 0.327 e. The van der Waals surface area contributed by atoms with Gasteiger partial charge in [-0.05, 0) is 24.1 Å². The zero-order valence-corrected chi connectivity index (χ0v) is 11.4. The molecule has 0 amide bonds. The molecule has 5 heteroatoms. The summed E-state index contributed by atoms with van der Waals surface area (Å²) in [5, 5.41) is 0. The molecule has 0 aliphatic heterocycles. The molecule has 0 fully saturated rings. The van der Waals surface area contributed by atoms with E-state index in [4.69, 9.17) is 9.47 Å². The van der Waals surface area contributed by atoms with Crippen LogP contribution in [0.2, 0.25) is 0 Å². The molecule has 0 radical (unpaired) electrons. The third kappa shape index (κ3) is 2.81. The SMILES string of the molecule is COc1ccc(CCn2ccn(C)c2=O)cc1OC. The van der Waals surface area contributed by atoms with Crippen molar-refractivity contribution in [3.05, 3.63) is 46.6 Å². The normalized spacial score (nSPS) is 10.5. The average Bonchev–Trinajstić information content (AvgIpc) is 2.76. The van der Waals surface area contributed by atoms with Gasteiger partial charge in [0.05, 0.1) is 14.2 Å². The highest BCUT2D eigenvalue weighted by Gasteiger charge is 2.05. The Bertz CT molecular complexity index is 613.